The molecular formula is C11H21O6. The molecular weight excluding hydrogens is 228 g/mol. The highest BCUT2D eigenvalue weighted by Gasteiger charge is 2.43. The summed E-state index contributed by atoms with van der Waals surface area (Å²) < 4.78 is 10.4. The fourth-order valence-corrected chi connectivity index (χ4v) is 1.68. The van der Waals surface area contributed by atoms with Crippen molar-refractivity contribution in [2.45, 2.75) is 50.0 Å². The zero-order valence-corrected chi connectivity index (χ0v) is 9.73. The van der Waals surface area contributed by atoms with Crippen LogP contribution in [0.25, 0.3) is 0 Å². The molecule has 0 amide bonds. The molecule has 1 radical (unpaired) electrons. The second-order valence-electron chi connectivity index (χ2n) is 4.13. The Morgan fingerprint density at radius 2 is 1.76 bits per heavy atom. The summed E-state index contributed by atoms with van der Waals surface area (Å²) in [4.78, 5) is 0. The number of aliphatic hydroxyl groups is 4. The molecule has 1 saturated heterocycles. The third-order valence-corrected chi connectivity index (χ3v) is 2.77. The largest absolute Gasteiger partial charge is 0.394 e. The Morgan fingerprint density at radius 1 is 1.06 bits per heavy atom. The first kappa shape index (κ1) is 14.8. The molecule has 1 aliphatic rings. The lowest BCUT2D eigenvalue weighted by atomic mass is 9.99. The fraction of sp³-hybridized carbons (Fsp3) is 0.909. The Morgan fingerprint density at radius 3 is 2.35 bits per heavy atom. The van der Waals surface area contributed by atoms with E-state index in [2.05, 4.69) is 6.92 Å². The van der Waals surface area contributed by atoms with Crippen molar-refractivity contribution < 1.29 is 29.9 Å². The van der Waals surface area contributed by atoms with Crippen LogP contribution in [0.3, 0.4) is 0 Å². The molecule has 1 aliphatic heterocycles. The van der Waals surface area contributed by atoms with Gasteiger partial charge in [0.25, 0.3) is 0 Å². The van der Waals surface area contributed by atoms with Crippen LogP contribution in [0.5, 0.6) is 0 Å². The van der Waals surface area contributed by atoms with Gasteiger partial charge in [0.1, 0.15) is 24.4 Å². The predicted octanol–water partition coefficient (Wildman–Crippen LogP) is -1.19. The van der Waals surface area contributed by atoms with E-state index in [0.29, 0.717) is 6.61 Å². The van der Waals surface area contributed by atoms with Gasteiger partial charge in [0.05, 0.1) is 6.61 Å². The van der Waals surface area contributed by atoms with Gasteiger partial charge in [-0.25, -0.2) is 0 Å². The van der Waals surface area contributed by atoms with E-state index in [-0.39, 0.29) is 0 Å². The van der Waals surface area contributed by atoms with E-state index in [1.54, 1.807) is 0 Å². The molecule has 0 aromatic rings. The van der Waals surface area contributed by atoms with Gasteiger partial charge in [-0.1, -0.05) is 19.8 Å². The zero-order chi connectivity index (χ0) is 12.8. The monoisotopic (exact) mass is 249 g/mol. The molecule has 5 atom stereocenters. The summed E-state index contributed by atoms with van der Waals surface area (Å²) in [7, 11) is 0. The maximum absolute atomic E-state index is 9.62. The number of aliphatic hydroxyl groups excluding tert-OH is 4. The van der Waals surface area contributed by atoms with E-state index in [9.17, 15) is 15.3 Å². The average Bonchev–Trinajstić information content (AvgIpc) is 2.34. The van der Waals surface area contributed by atoms with Gasteiger partial charge in [-0.3, -0.25) is 0 Å². The van der Waals surface area contributed by atoms with Gasteiger partial charge in [-0.15, -0.1) is 0 Å². The highest BCUT2D eigenvalue weighted by atomic mass is 16.7. The third kappa shape index (κ3) is 3.87. The average molecular weight is 249 g/mol. The fourth-order valence-electron chi connectivity index (χ4n) is 1.68. The summed E-state index contributed by atoms with van der Waals surface area (Å²) in [5.74, 6) is 0. The SMILES string of the molecule is [CH2]CCCCO[C@@H]1O[C@H](CO)[C@@H](O)[C@H](O)[C@H]1O. The van der Waals surface area contributed by atoms with E-state index in [0.717, 1.165) is 19.3 Å². The van der Waals surface area contributed by atoms with Gasteiger partial charge in [-0.05, 0) is 6.42 Å². The van der Waals surface area contributed by atoms with Crippen molar-refractivity contribution in [3.63, 3.8) is 0 Å². The highest BCUT2D eigenvalue weighted by Crippen LogP contribution is 2.22. The van der Waals surface area contributed by atoms with Crippen LogP contribution in [0.4, 0.5) is 0 Å². The van der Waals surface area contributed by atoms with Gasteiger partial charge in [0.15, 0.2) is 6.29 Å². The van der Waals surface area contributed by atoms with Crippen molar-refractivity contribution in [3.8, 4) is 0 Å². The summed E-state index contributed by atoms with van der Waals surface area (Å²) in [5.41, 5.74) is 0. The number of unbranched alkanes of at least 4 members (excludes halogenated alkanes) is 2. The normalized spacial score (nSPS) is 38.3. The molecule has 0 spiro atoms. The Hall–Kier alpha value is -0.240. The molecule has 101 valence electrons. The summed E-state index contributed by atoms with van der Waals surface area (Å²) >= 11 is 0. The summed E-state index contributed by atoms with van der Waals surface area (Å²) in [6, 6.07) is 0. The highest BCUT2D eigenvalue weighted by molar-refractivity contribution is 4.88. The van der Waals surface area contributed by atoms with Crippen LogP contribution < -0.4 is 0 Å². The Bertz CT molecular complexity index is 210. The van der Waals surface area contributed by atoms with Crippen LogP contribution in [0.1, 0.15) is 19.3 Å². The topological polar surface area (TPSA) is 99.4 Å². The minimum absolute atomic E-state index is 0.373. The van der Waals surface area contributed by atoms with E-state index < -0.39 is 37.3 Å². The van der Waals surface area contributed by atoms with Crippen molar-refractivity contribution in [1.29, 1.82) is 0 Å². The van der Waals surface area contributed by atoms with E-state index in [1.807, 2.05) is 0 Å². The summed E-state index contributed by atoms with van der Waals surface area (Å²) in [5, 5.41) is 37.6. The molecule has 1 heterocycles. The molecule has 0 aliphatic carbocycles. The molecule has 1 rings (SSSR count). The van der Waals surface area contributed by atoms with E-state index in [4.69, 9.17) is 14.6 Å². The van der Waals surface area contributed by atoms with Gasteiger partial charge in [0.2, 0.25) is 0 Å². The van der Waals surface area contributed by atoms with Crippen LogP contribution in [-0.4, -0.2) is 64.3 Å². The number of ether oxygens (including phenoxy) is 2. The molecule has 6 nitrogen and oxygen atoms in total. The van der Waals surface area contributed by atoms with Crippen molar-refractivity contribution in [2.24, 2.45) is 0 Å². The molecule has 0 aromatic heterocycles. The second-order valence-corrected chi connectivity index (χ2v) is 4.13. The minimum atomic E-state index is -1.38. The van der Waals surface area contributed by atoms with Crippen LogP contribution in [0, 0.1) is 6.92 Å². The number of rotatable bonds is 6. The van der Waals surface area contributed by atoms with Crippen molar-refractivity contribution in [1.82, 2.24) is 0 Å². The Balaban J connectivity index is 2.42. The lowest BCUT2D eigenvalue weighted by Gasteiger charge is -2.39. The molecule has 0 bridgehead atoms. The molecule has 0 saturated carbocycles. The van der Waals surface area contributed by atoms with Crippen molar-refractivity contribution >= 4 is 0 Å². The quantitative estimate of drug-likeness (QED) is 0.442. The van der Waals surface area contributed by atoms with E-state index >= 15 is 0 Å². The molecule has 6 heteroatoms. The first-order chi connectivity index (χ1) is 8.11. The Labute approximate surface area is 101 Å². The summed E-state index contributed by atoms with van der Waals surface area (Å²) in [6.45, 7) is 3.62. The molecule has 0 unspecified atom stereocenters. The van der Waals surface area contributed by atoms with Gasteiger partial charge >= 0.3 is 0 Å². The van der Waals surface area contributed by atoms with Crippen LogP contribution >= 0.6 is 0 Å². The third-order valence-electron chi connectivity index (χ3n) is 2.77. The van der Waals surface area contributed by atoms with Gasteiger partial charge in [-0.2, -0.15) is 0 Å². The van der Waals surface area contributed by atoms with Crippen molar-refractivity contribution in [3.05, 3.63) is 6.92 Å². The maximum Gasteiger partial charge on any atom is 0.186 e. The lowest BCUT2D eigenvalue weighted by Crippen LogP contribution is -2.59. The van der Waals surface area contributed by atoms with E-state index in [1.165, 1.54) is 0 Å². The van der Waals surface area contributed by atoms with Crippen LogP contribution in [0.15, 0.2) is 0 Å². The summed E-state index contributed by atoms with van der Waals surface area (Å²) in [6.07, 6.45) is -3.48. The maximum atomic E-state index is 9.62. The van der Waals surface area contributed by atoms with Gasteiger partial charge in [0, 0.05) is 6.61 Å². The second kappa shape index (κ2) is 7.25. The van der Waals surface area contributed by atoms with Gasteiger partial charge < -0.3 is 29.9 Å². The first-order valence-corrected chi connectivity index (χ1v) is 5.83. The predicted molar refractivity (Wildman–Crippen MR) is 58.9 cm³/mol. The molecule has 0 aromatic carbocycles. The smallest absolute Gasteiger partial charge is 0.186 e. The molecule has 1 fully saturated rings. The van der Waals surface area contributed by atoms with Crippen LogP contribution in [0.2, 0.25) is 0 Å². The number of hydrogen-bond acceptors (Lipinski definition) is 6. The lowest BCUT2D eigenvalue weighted by molar-refractivity contribution is -0.301. The minimum Gasteiger partial charge on any atom is -0.394 e. The Kier molecular flexibility index (Phi) is 6.32. The van der Waals surface area contributed by atoms with Crippen LogP contribution in [-0.2, 0) is 9.47 Å². The zero-order valence-electron chi connectivity index (χ0n) is 9.73. The first-order valence-electron chi connectivity index (χ1n) is 5.83. The standard InChI is InChI=1S/C11H21O6/c1-2-3-4-5-16-11-10(15)9(14)8(13)7(6-12)17-11/h7-15H,1-6H2/t7-,8-,9+,10-,11-/m1/s1. The van der Waals surface area contributed by atoms with Crippen molar-refractivity contribution in [2.75, 3.05) is 13.2 Å². The molecule has 4 N–H and O–H groups in total. The molecule has 17 heavy (non-hydrogen) atoms. The number of hydrogen-bond donors (Lipinski definition) is 4.